The van der Waals surface area contributed by atoms with E-state index in [2.05, 4.69) is 0 Å². The fourth-order valence-electron chi connectivity index (χ4n) is 1.86. The average Bonchev–Trinajstić information content (AvgIpc) is 2.52. The van der Waals surface area contributed by atoms with Gasteiger partial charge in [-0.25, -0.2) is 4.39 Å². The van der Waals surface area contributed by atoms with Crippen molar-refractivity contribution in [1.82, 2.24) is 0 Å². The van der Waals surface area contributed by atoms with E-state index >= 15 is 0 Å². The van der Waals surface area contributed by atoms with Crippen LogP contribution in [0.1, 0.15) is 22.0 Å². The Labute approximate surface area is 121 Å². The predicted molar refractivity (Wildman–Crippen MR) is 75.2 cm³/mol. The Balaban J connectivity index is 2.05. The van der Waals surface area contributed by atoms with Crippen molar-refractivity contribution in [2.24, 2.45) is 0 Å². The average molecular weight is 290 g/mol. The fourth-order valence-corrected chi connectivity index (χ4v) is 1.86. The summed E-state index contributed by atoms with van der Waals surface area (Å²) >= 11 is 0. The van der Waals surface area contributed by atoms with Crippen molar-refractivity contribution < 1.29 is 23.8 Å². The van der Waals surface area contributed by atoms with Crippen molar-refractivity contribution in [1.29, 1.82) is 0 Å². The summed E-state index contributed by atoms with van der Waals surface area (Å²) in [6.07, 6.45) is -0.350. The van der Waals surface area contributed by atoms with E-state index in [-0.39, 0.29) is 17.9 Å². The van der Waals surface area contributed by atoms with E-state index in [0.717, 1.165) is 12.1 Å². The van der Waals surface area contributed by atoms with E-state index in [4.69, 9.17) is 9.47 Å². The number of carbonyl (C=O) groups excluding carboxylic acids is 1. The van der Waals surface area contributed by atoms with Gasteiger partial charge in [0.25, 0.3) is 0 Å². The number of carbonyl (C=O) groups is 1. The Morgan fingerprint density at radius 2 is 2.05 bits per heavy atom. The van der Waals surface area contributed by atoms with Gasteiger partial charge in [-0.05, 0) is 29.8 Å². The van der Waals surface area contributed by atoms with E-state index in [0.29, 0.717) is 17.6 Å². The molecule has 5 heteroatoms. The second-order valence-corrected chi connectivity index (χ2v) is 4.44. The maximum atomic E-state index is 13.2. The number of rotatable bonds is 6. The molecule has 1 atom stereocenters. The van der Waals surface area contributed by atoms with Gasteiger partial charge in [0.15, 0.2) is 0 Å². The topological polar surface area (TPSA) is 55.8 Å². The van der Waals surface area contributed by atoms with Crippen LogP contribution in [-0.4, -0.2) is 25.1 Å². The molecule has 2 aromatic rings. The van der Waals surface area contributed by atoms with Crippen molar-refractivity contribution in [2.75, 3.05) is 13.7 Å². The molecule has 0 saturated heterocycles. The number of aldehydes is 1. The Morgan fingerprint density at radius 3 is 2.76 bits per heavy atom. The predicted octanol–water partition coefficient (Wildman–Crippen LogP) is 2.76. The Morgan fingerprint density at radius 1 is 1.24 bits per heavy atom. The van der Waals surface area contributed by atoms with Crippen LogP contribution in [-0.2, 0) is 0 Å². The second kappa shape index (κ2) is 6.85. The van der Waals surface area contributed by atoms with Crippen LogP contribution < -0.4 is 9.47 Å². The van der Waals surface area contributed by atoms with Crippen molar-refractivity contribution in [3.8, 4) is 11.5 Å². The normalized spacial score (nSPS) is 11.8. The second-order valence-electron chi connectivity index (χ2n) is 4.44. The van der Waals surface area contributed by atoms with Gasteiger partial charge in [0, 0.05) is 11.6 Å². The minimum atomic E-state index is -0.886. The van der Waals surface area contributed by atoms with Gasteiger partial charge in [-0.1, -0.05) is 12.1 Å². The maximum Gasteiger partial charge on any atom is 0.150 e. The summed E-state index contributed by atoms with van der Waals surface area (Å²) in [5, 5.41) is 10.1. The minimum Gasteiger partial charge on any atom is -0.497 e. The number of hydrogen-bond acceptors (Lipinski definition) is 4. The molecule has 2 rings (SSSR count). The van der Waals surface area contributed by atoms with E-state index in [9.17, 15) is 14.3 Å². The first-order valence-electron chi connectivity index (χ1n) is 6.33. The molecule has 0 fully saturated rings. The van der Waals surface area contributed by atoms with Crippen LogP contribution in [0.15, 0.2) is 42.5 Å². The van der Waals surface area contributed by atoms with Crippen LogP contribution in [0.5, 0.6) is 11.5 Å². The number of ether oxygens (including phenoxy) is 2. The molecule has 0 bridgehead atoms. The van der Waals surface area contributed by atoms with Gasteiger partial charge in [-0.15, -0.1) is 0 Å². The Kier molecular flexibility index (Phi) is 4.90. The van der Waals surface area contributed by atoms with E-state index in [1.807, 2.05) is 0 Å². The van der Waals surface area contributed by atoms with Crippen LogP contribution in [0.2, 0.25) is 0 Å². The molecule has 2 aromatic carbocycles. The summed E-state index contributed by atoms with van der Waals surface area (Å²) < 4.78 is 23.6. The van der Waals surface area contributed by atoms with Crippen LogP contribution >= 0.6 is 0 Å². The molecular weight excluding hydrogens is 275 g/mol. The van der Waals surface area contributed by atoms with E-state index in [1.165, 1.54) is 13.2 Å². The lowest BCUT2D eigenvalue weighted by atomic mass is 10.1. The monoisotopic (exact) mass is 290 g/mol. The smallest absolute Gasteiger partial charge is 0.150 e. The van der Waals surface area contributed by atoms with Gasteiger partial charge in [0.2, 0.25) is 0 Å². The van der Waals surface area contributed by atoms with E-state index in [1.54, 1.807) is 24.3 Å². The molecule has 0 aliphatic heterocycles. The molecule has 1 N–H and O–H groups in total. The lowest BCUT2D eigenvalue weighted by Gasteiger charge is -2.14. The molecule has 0 spiro atoms. The molecule has 4 nitrogen and oxygen atoms in total. The number of benzene rings is 2. The minimum absolute atomic E-state index is 0.0606. The third kappa shape index (κ3) is 4.03. The highest BCUT2D eigenvalue weighted by molar-refractivity contribution is 5.75. The third-order valence-electron chi connectivity index (χ3n) is 2.92. The molecule has 0 saturated carbocycles. The molecule has 0 aliphatic rings. The van der Waals surface area contributed by atoms with Crippen LogP contribution in [0, 0.1) is 5.82 Å². The molecule has 0 radical (unpaired) electrons. The Hall–Kier alpha value is -2.40. The first-order chi connectivity index (χ1) is 10.1. The third-order valence-corrected chi connectivity index (χ3v) is 2.92. The zero-order valence-electron chi connectivity index (χ0n) is 11.5. The molecule has 0 aliphatic carbocycles. The quantitative estimate of drug-likeness (QED) is 0.831. The molecule has 0 heterocycles. The van der Waals surface area contributed by atoms with Gasteiger partial charge in [0.1, 0.15) is 36.3 Å². The molecule has 0 aromatic heterocycles. The largest absolute Gasteiger partial charge is 0.497 e. The lowest BCUT2D eigenvalue weighted by molar-refractivity contribution is 0.107. The van der Waals surface area contributed by atoms with Gasteiger partial charge >= 0.3 is 0 Å². The number of aliphatic hydroxyl groups is 1. The first kappa shape index (κ1) is 15.0. The summed E-state index contributed by atoms with van der Waals surface area (Å²) in [6.45, 7) is -0.0606. The van der Waals surface area contributed by atoms with Gasteiger partial charge < -0.3 is 14.6 Å². The fraction of sp³-hybridized carbons (Fsp3) is 0.188. The number of aliphatic hydroxyl groups excluding tert-OH is 1. The van der Waals surface area contributed by atoms with Crippen molar-refractivity contribution in [3.63, 3.8) is 0 Å². The molecular formula is C16H15FO4. The molecule has 21 heavy (non-hydrogen) atoms. The highest BCUT2D eigenvalue weighted by atomic mass is 19.1. The SMILES string of the molecule is COc1cccc(C(O)COc2cc(F)cc(C=O)c2)c1. The standard InChI is InChI=1S/C16H15FO4/c1-20-14-4-2-3-12(7-14)16(19)10-21-15-6-11(9-18)5-13(17)8-15/h2-9,16,19H,10H2,1H3. The van der Waals surface area contributed by atoms with Crippen LogP contribution in [0.25, 0.3) is 0 Å². The van der Waals surface area contributed by atoms with Gasteiger partial charge in [-0.3, -0.25) is 4.79 Å². The summed E-state index contributed by atoms with van der Waals surface area (Å²) in [6, 6.07) is 10.6. The van der Waals surface area contributed by atoms with Gasteiger partial charge in [0.05, 0.1) is 7.11 Å². The summed E-state index contributed by atoms with van der Waals surface area (Å²) in [7, 11) is 1.54. The lowest BCUT2D eigenvalue weighted by Crippen LogP contribution is -2.10. The number of hydrogen-bond donors (Lipinski definition) is 1. The number of halogens is 1. The summed E-state index contributed by atoms with van der Waals surface area (Å²) in [5.41, 5.74) is 0.808. The Bertz CT molecular complexity index is 627. The van der Waals surface area contributed by atoms with Crippen LogP contribution in [0.4, 0.5) is 4.39 Å². The van der Waals surface area contributed by atoms with Crippen LogP contribution in [0.3, 0.4) is 0 Å². The highest BCUT2D eigenvalue weighted by Gasteiger charge is 2.10. The molecule has 0 amide bonds. The summed E-state index contributed by atoms with van der Waals surface area (Å²) in [4.78, 5) is 10.7. The zero-order valence-corrected chi connectivity index (χ0v) is 11.5. The molecule has 110 valence electrons. The van der Waals surface area contributed by atoms with E-state index < -0.39 is 11.9 Å². The highest BCUT2D eigenvalue weighted by Crippen LogP contribution is 2.21. The first-order valence-corrected chi connectivity index (χ1v) is 6.33. The van der Waals surface area contributed by atoms with Crippen molar-refractivity contribution in [3.05, 3.63) is 59.4 Å². The number of methoxy groups -OCH3 is 1. The van der Waals surface area contributed by atoms with Crippen molar-refractivity contribution in [2.45, 2.75) is 6.10 Å². The van der Waals surface area contributed by atoms with Gasteiger partial charge in [-0.2, -0.15) is 0 Å². The summed E-state index contributed by atoms with van der Waals surface area (Å²) in [5.74, 6) is 0.255. The maximum absolute atomic E-state index is 13.2. The zero-order chi connectivity index (χ0) is 15.2. The van der Waals surface area contributed by atoms with Crippen molar-refractivity contribution >= 4 is 6.29 Å². The molecule has 1 unspecified atom stereocenters.